The standard InChI is InChI=1S/C11H14N2O2/c1-8-3-2-6-12-10(8)11(14)13-15-7-9-4-5-9/h2-3,6,9H,4-5,7H2,1H3,(H,13,14). The van der Waals surface area contributed by atoms with E-state index in [2.05, 4.69) is 10.5 Å². The molecule has 0 aromatic carbocycles. The number of nitrogens with one attached hydrogen (secondary N) is 1. The maximum atomic E-state index is 11.6. The molecule has 0 spiro atoms. The summed E-state index contributed by atoms with van der Waals surface area (Å²) in [6, 6.07) is 3.65. The summed E-state index contributed by atoms with van der Waals surface area (Å²) in [6.45, 7) is 2.46. The summed E-state index contributed by atoms with van der Waals surface area (Å²) >= 11 is 0. The molecule has 1 aliphatic rings. The first-order chi connectivity index (χ1) is 7.27. The zero-order chi connectivity index (χ0) is 10.7. The van der Waals surface area contributed by atoms with Crippen LogP contribution in [-0.4, -0.2) is 17.5 Å². The topological polar surface area (TPSA) is 51.2 Å². The number of hydrogen-bond acceptors (Lipinski definition) is 3. The van der Waals surface area contributed by atoms with E-state index in [0.29, 0.717) is 18.2 Å². The van der Waals surface area contributed by atoms with E-state index < -0.39 is 0 Å². The van der Waals surface area contributed by atoms with Crippen LogP contribution in [0.3, 0.4) is 0 Å². The van der Waals surface area contributed by atoms with Crippen molar-refractivity contribution in [3.63, 3.8) is 0 Å². The molecule has 1 aromatic heterocycles. The average Bonchev–Trinajstić information content (AvgIpc) is 3.02. The molecule has 0 aliphatic heterocycles. The zero-order valence-corrected chi connectivity index (χ0v) is 8.69. The van der Waals surface area contributed by atoms with Crippen molar-refractivity contribution in [3.05, 3.63) is 29.6 Å². The van der Waals surface area contributed by atoms with Gasteiger partial charge >= 0.3 is 0 Å². The van der Waals surface area contributed by atoms with Gasteiger partial charge in [-0.2, -0.15) is 0 Å². The van der Waals surface area contributed by atoms with Gasteiger partial charge in [0.2, 0.25) is 0 Å². The highest BCUT2D eigenvalue weighted by Crippen LogP contribution is 2.28. The predicted octanol–water partition coefficient (Wildman–Crippen LogP) is 1.46. The first kappa shape index (κ1) is 10.1. The Morgan fingerprint density at radius 3 is 3.13 bits per heavy atom. The number of nitrogens with zero attached hydrogens (tertiary/aromatic N) is 1. The van der Waals surface area contributed by atoms with Crippen LogP contribution in [0.4, 0.5) is 0 Å². The minimum Gasteiger partial charge on any atom is -0.273 e. The molecule has 1 aromatic rings. The summed E-state index contributed by atoms with van der Waals surface area (Å²) in [6.07, 6.45) is 4.01. The second kappa shape index (κ2) is 4.40. The third-order valence-electron chi connectivity index (χ3n) is 2.41. The van der Waals surface area contributed by atoms with Gasteiger partial charge in [0, 0.05) is 6.20 Å². The molecule has 4 nitrogen and oxygen atoms in total. The highest BCUT2D eigenvalue weighted by Gasteiger charge is 2.22. The van der Waals surface area contributed by atoms with Crippen LogP contribution in [-0.2, 0) is 4.84 Å². The minimum absolute atomic E-state index is 0.270. The van der Waals surface area contributed by atoms with Crippen molar-refractivity contribution in [1.82, 2.24) is 10.5 Å². The normalized spacial score (nSPS) is 15.0. The van der Waals surface area contributed by atoms with Crippen LogP contribution < -0.4 is 5.48 Å². The smallest absolute Gasteiger partial charge is 0.273 e. The molecule has 1 fully saturated rings. The van der Waals surface area contributed by atoms with Crippen molar-refractivity contribution >= 4 is 5.91 Å². The molecular formula is C11H14N2O2. The molecule has 2 rings (SSSR count). The van der Waals surface area contributed by atoms with E-state index in [9.17, 15) is 4.79 Å². The predicted molar refractivity (Wildman–Crippen MR) is 55.1 cm³/mol. The quantitative estimate of drug-likeness (QED) is 0.759. The summed E-state index contributed by atoms with van der Waals surface area (Å²) in [5.41, 5.74) is 3.69. The third kappa shape index (κ3) is 2.76. The fourth-order valence-corrected chi connectivity index (χ4v) is 1.28. The highest BCUT2D eigenvalue weighted by atomic mass is 16.7. The van der Waals surface area contributed by atoms with E-state index in [0.717, 1.165) is 5.56 Å². The van der Waals surface area contributed by atoms with E-state index >= 15 is 0 Å². The maximum absolute atomic E-state index is 11.6. The number of carbonyl (C=O) groups excluding carboxylic acids is 1. The van der Waals surface area contributed by atoms with Crippen LogP contribution in [0.25, 0.3) is 0 Å². The van der Waals surface area contributed by atoms with Crippen molar-refractivity contribution in [1.29, 1.82) is 0 Å². The number of aryl methyl sites for hydroxylation is 1. The van der Waals surface area contributed by atoms with Crippen molar-refractivity contribution in [3.8, 4) is 0 Å². The monoisotopic (exact) mass is 206 g/mol. The Hall–Kier alpha value is -1.42. The van der Waals surface area contributed by atoms with Crippen LogP contribution in [0.1, 0.15) is 28.9 Å². The van der Waals surface area contributed by atoms with Gasteiger partial charge in [0.05, 0.1) is 6.61 Å². The van der Waals surface area contributed by atoms with E-state index in [1.54, 1.807) is 12.3 Å². The summed E-state index contributed by atoms with van der Waals surface area (Å²) in [7, 11) is 0. The van der Waals surface area contributed by atoms with Crippen LogP contribution in [0.15, 0.2) is 18.3 Å². The van der Waals surface area contributed by atoms with Gasteiger partial charge < -0.3 is 0 Å². The van der Waals surface area contributed by atoms with Gasteiger partial charge in [0.1, 0.15) is 5.69 Å². The third-order valence-corrected chi connectivity index (χ3v) is 2.41. The van der Waals surface area contributed by atoms with Gasteiger partial charge in [-0.05, 0) is 37.3 Å². The van der Waals surface area contributed by atoms with E-state index in [4.69, 9.17) is 4.84 Å². The fraction of sp³-hybridized carbons (Fsp3) is 0.455. The maximum Gasteiger partial charge on any atom is 0.293 e. The van der Waals surface area contributed by atoms with E-state index in [1.165, 1.54) is 12.8 Å². The molecule has 1 N–H and O–H groups in total. The number of amides is 1. The summed E-state index contributed by atoms with van der Waals surface area (Å²) in [5, 5.41) is 0. The fourth-order valence-electron chi connectivity index (χ4n) is 1.28. The Balaban J connectivity index is 1.86. The lowest BCUT2D eigenvalue weighted by atomic mass is 10.2. The van der Waals surface area contributed by atoms with Crippen molar-refractivity contribution in [2.75, 3.05) is 6.61 Å². The Labute approximate surface area is 88.6 Å². The number of carbonyl (C=O) groups is 1. The molecule has 1 aliphatic carbocycles. The number of hydroxylamine groups is 1. The molecule has 0 radical (unpaired) electrons. The first-order valence-corrected chi connectivity index (χ1v) is 5.11. The Morgan fingerprint density at radius 1 is 1.67 bits per heavy atom. The van der Waals surface area contributed by atoms with Gasteiger partial charge in [0.15, 0.2) is 0 Å². The van der Waals surface area contributed by atoms with Crippen molar-refractivity contribution < 1.29 is 9.63 Å². The van der Waals surface area contributed by atoms with Gasteiger partial charge in [-0.3, -0.25) is 14.6 Å². The van der Waals surface area contributed by atoms with E-state index in [1.807, 2.05) is 13.0 Å². The molecule has 0 bridgehead atoms. The summed E-state index contributed by atoms with van der Waals surface area (Å²) in [5.74, 6) is 0.365. The second-order valence-corrected chi connectivity index (χ2v) is 3.85. The Kier molecular flexibility index (Phi) is 2.97. The second-order valence-electron chi connectivity index (χ2n) is 3.85. The number of rotatable bonds is 4. The highest BCUT2D eigenvalue weighted by molar-refractivity contribution is 5.92. The lowest BCUT2D eigenvalue weighted by molar-refractivity contribution is 0.0265. The van der Waals surface area contributed by atoms with Crippen LogP contribution in [0, 0.1) is 12.8 Å². The molecule has 0 atom stereocenters. The molecular weight excluding hydrogens is 192 g/mol. The SMILES string of the molecule is Cc1cccnc1C(=O)NOCC1CC1. The van der Waals surface area contributed by atoms with Crippen molar-refractivity contribution in [2.45, 2.75) is 19.8 Å². The minimum atomic E-state index is -0.270. The lowest BCUT2D eigenvalue weighted by Gasteiger charge is -2.05. The molecule has 80 valence electrons. The molecule has 15 heavy (non-hydrogen) atoms. The molecule has 0 saturated heterocycles. The Bertz CT molecular complexity index is 361. The number of aromatic nitrogens is 1. The molecule has 0 unspecified atom stereocenters. The van der Waals surface area contributed by atoms with Crippen LogP contribution >= 0.6 is 0 Å². The van der Waals surface area contributed by atoms with Gasteiger partial charge in [0.25, 0.3) is 5.91 Å². The zero-order valence-electron chi connectivity index (χ0n) is 8.69. The van der Waals surface area contributed by atoms with Gasteiger partial charge in [-0.25, -0.2) is 5.48 Å². The molecule has 1 amide bonds. The Morgan fingerprint density at radius 2 is 2.47 bits per heavy atom. The molecule has 1 heterocycles. The average molecular weight is 206 g/mol. The van der Waals surface area contributed by atoms with Gasteiger partial charge in [-0.1, -0.05) is 6.07 Å². The summed E-state index contributed by atoms with van der Waals surface area (Å²) in [4.78, 5) is 20.7. The van der Waals surface area contributed by atoms with Crippen molar-refractivity contribution in [2.24, 2.45) is 5.92 Å². The first-order valence-electron chi connectivity index (χ1n) is 5.11. The number of hydrogen-bond donors (Lipinski definition) is 1. The molecule has 4 heteroatoms. The van der Waals surface area contributed by atoms with E-state index in [-0.39, 0.29) is 5.91 Å². The van der Waals surface area contributed by atoms with Gasteiger partial charge in [-0.15, -0.1) is 0 Å². The lowest BCUT2D eigenvalue weighted by Crippen LogP contribution is -2.26. The van der Waals surface area contributed by atoms with Crippen LogP contribution in [0.2, 0.25) is 0 Å². The summed E-state index contributed by atoms with van der Waals surface area (Å²) < 4.78 is 0. The number of pyridine rings is 1. The van der Waals surface area contributed by atoms with Crippen LogP contribution in [0.5, 0.6) is 0 Å². The molecule has 1 saturated carbocycles. The largest absolute Gasteiger partial charge is 0.293 e.